The van der Waals surface area contributed by atoms with Crippen LogP contribution in [0.3, 0.4) is 0 Å². The molecule has 20 heavy (non-hydrogen) atoms. The number of methoxy groups -OCH3 is 1. The number of carbonyl (C=O) groups is 2. The predicted octanol–water partition coefficient (Wildman–Crippen LogP) is 1.56. The SMILES string of the molecule is COc1ccc(F)cc1CNC(=O)C1CCC1C(=O)O. The van der Waals surface area contributed by atoms with Gasteiger partial charge in [0, 0.05) is 12.1 Å². The number of aliphatic carboxylic acids is 1. The van der Waals surface area contributed by atoms with Crippen LogP contribution in [-0.4, -0.2) is 24.1 Å². The zero-order valence-electron chi connectivity index (χ0n) is 11.1. The molecule has 108 valence electrons. The van der Waals surface area contributed by atoms with Crippen molar-refractivity contribution in [2.75, 3.05) is 7.11 Å². The van der Waals surface area contributed by atoms with Gasteiger partial charge in [-0.25, -0.2) is 4.39 Å². The molecule has 0 aromatic heterocycles. The fourth-order valence-electron chi connectivity index (χ4n) is 2.31. The van der Waals surface area contributed by atoms with Gasteiger partial charge in [0.05, 0.1) is 18.9 Å². The summed E-state index contributed by atoms with van der Waals surface area (Å²) in [5.74, 6) is -2.29. The summed E-state index contributed by atoms with van der Waals surface area (Å²) in [5.41, 5.74) is 0.520. The fourth-order valence-corrected chi connectivity index (χ4v) is 2.31. The van der Waals surface area contributed by atoms with E-state index in [2.05, 4.69) is 5.32 Å². The van der Waals surface area contributed by atoms with Gasteiger partial charge >= 0.3 is 5.97 Å². The van der Waals surface area contributed by atoms with Gasteiger partial charge in [0.25, 0.3) is 0 Å². The Bertz CT molecular complexity index is 532. The summed E-state index contributed by atoms with van der Waals surface area (Å²) in [6.45, 7) is 0.114. The van der Waals surface area contributed by atoms with Crippen molar-refractivity contribution in [2.24, 2.45) is 11.8 Å². The van der Waals surface area contributed by atoms with Crippen LogP contribution in [0.15, 0.2) is 18.2 Å². The average molecular weight is 281 g/mol. The molecule has 1 amide bonds. The number of nitrogens with one attached hydrogen (secondary N) is 1. The molecule has 1 aliphatic carbocycles. The quantitative estimate of drug-likeness (QED) is 0.859. The highest BCUT2D eigenvalue weighted by atomic mass is 19.1. The standard InChI is InChI=1S/C14H16FNO4/c1-20-12-5-2-9(15)6-8(12)7-16-13(17)10-3-4-11(10)14(18)19/h2,5-6,10-11H,3-4,7H2,1H3,(H,16,17)(H,18,19). The van der Waals surface area contributed by atoms with Crippen LogP contribution in [-0.2, 0) is 16.1 Å². The molecule has 5 nitrogen and oxygen atoms in total. The minimum Gasteiger partial charge on any atom is -0.496 e. The van der Waals surface area contributed by atoms with Gasteiger partial charge in [0.15, 0.2) is 0 Å². The van der Waals surface area contributed by atoms with E-state index >= 15 is 0 Å². The zero-order valence-corrected chi connectivity index (χ0v) is 11.1. The van der Waals surface area contributed by atoms with E-state index in [4.69, 9.17) is 9.84 Å². The van der Waals surface area contributed by atoms with Crippen LogP contribution in [0.25, 0.3) is 0 Å². The van der Waals surface area contributed by atoms with E-state index in [-0.39, 0.29) is 12.5 Å². The summed E-state index contributed by atoms with van der Waals surface area (Å²) >= 11 is 0. The lowest BCUT2D eigenvalue weighted by Crippen LogP contribution is -2.43. The number of halogens is 1. The maximum Gasteiger partial charge on any atom is 0.307 e. The number of ether oxygens (including phenoxy) is 1. The Morgan fingerprint density at radius 1 is 1.40 bits per heavy atom. The summed E-state index contributed by atoms with van der Waals surface area (Å²) in [4.78, 5) is 22.8. The molecule has 2 N–H and O–H groups in total. The molecule has 0 heterocycles. The summed E-state index contributed by atoms with van der Waals surface area (Å²) in [6, 6.07) is 4.05. The Morgan fingerprint density at radius 3 is 2.65 bits per heavy atom. The maximum absolute atomic E-state index is 13.2. The van der Waals surface area contributed by atoms with Crippen molar-refractivity contribution < 1.29 is 23.8 Å². The topological polar surface area (TPSA) is 75.6 Å². The van der Waals surface area contributed by atoms with Gasteiger partial charge in [-0.15, -0.1) is 0 Å². The van der Waals surface area contributed by atoms with Crippen molar-refractivity contribution in [3.63, 3.8) is 0 Å². The second kappa shape index (κ2) is 5.90. The fraction of sp³-hybridized carbons (Fsp3) is 0.429. The lowest BCUT2D eigenvalue weighted by atomic mass is 9.73. The summed E-state index contributed by atoms with van der Waals surface area (Å²) in [6.07, 6.45) is 1.10. The van der Waals surface area contributed by atoms with Gasteiger partial charge in [-0.1, -0.05) is 0 Å². The number of amides is 1. The summed E-state index contributed by atoms with van der Waals surface area (Å²) in [5, 5.41) is 11.5. The van der Waals surface area contributed by atoms with Gasteiger partial charge in [0.2, 0.25) is 5.91 Å². The Labute approximate surface area is 115 Å². The van der Waals surface area contributed by atoms with Crippen LogP contribution in [0.2, 0.25) is 0 Å². The molecular formula is C14H16FNO4. The highest BCUT2D eigenvalue weighted by molar-refractivity contribution is 5.86. The third-order valence-corrected chi connectivity index (χ3v) is 3.62. The van der Waals surface area contributed by atoms with Crippen LogP contribution in [0.1, 0.15) is 18.4 Å². The summed E-state index contributed by atoms with van der Waals surface area (Å²) in [7, 11) is 1.46. The Balaban J connectivity index is 1.97. The van der Waals surface area contributed by atoms with E-state index in [1.807, 2.05) is 0 Å². The van der Waals surface area contributed by atoms with Crippen molar-refractivity contribution in [1.29, 1.82) is 0 Å². The molecule has 0 saturated heterocycles. The number of rotatable bonds is 5. The lowest BCUT2D eigenvalue weighted by Gasteiger charge is -2.31. The highest BCUT2D eigenvalue weighted by Crippen LogP contribution is 2.34. The van der Waals surface area contributed by atoms with E-state index in [1.54, 1.807) is 0 Å². The first-order valence-corrected chi connectivity index (χ1v) is 6.36. The van der Waals surface area contributed by atoms with Gasteiger partial charge in [0.1, 0.15) is 11.6 Å². The molecule has 1 aromatic rings. The number of carboxylic acid groups (broad SMARTS) is 1. The Kier molecular flexibility index (Phi) is 4.22. The maximum atomic E-state index is 13.2. The van der Waals surface area contributed by atoms with Crippen molar-refractivity contribution in [3.05, 3.63) is 29.6 Å². The second-order valence-electron chi connectivity index (χ2n) is 4.80. The normalized spacial score (nSPS) is 20.9. The van der Waals surface area contributed by atoms with Crippen LogP contribution in [0.4, 0.5) is 4.39 Å². The number of carboxylic acids is 1. The van der Waals surface area contributed by atoms with E-state index in [0.29, 0.717) is 24.2 Å². The smallest absolute Gasteiger partial charge is 0.307 e. The van der Waals surface area contributed by atoms with Gasteiger partial charge in [-0.3, -0.25) is 9.59 Å². The van der Waals surface area contributed by atoms with Crippen molar-refractivity contribution in [3.8, 4) is 5.75 Å². The largest absolute Gasteiger partial charge is 0.496 e. The van der Waals surface area contributed by atoms with Gasteiger partial charge < -0.3 is 15.2 Å². The third-order valence-electron chi connectivity index (χ3n) is 3.62. The first kappa shape index (κ1) is 14.3. The molecule has 2 unspecified atom stereocenters. The minimum atomic E-state index is -0.945. The molecule has 2 atom stereocenters. The molecule has 1 saturated carbocycles. The molecule has 0 aliphatic heterocycles. The molecule has 0 radical (unpaired) electrons. The first-order chi connectivity index (χ1) is 9.52. The Morgan fingerprint density at radius 2 is 2.10 bits per heavy atom. The van der Waals surface area contributed by atoms with Crippen LogP contribution < -0.4 is 10.1 Å². The highest BCUT2D eigenvalue weighted by Gasteiger charge is 2.41. The van der Waals surface area contributed by atoms with Crippen LogP contribution in [0, 0.1) is 17.7 Å². The van der Waals surface area contributed by atoms with Crippen LogP contribution >= 0.6 is 0 Å². The lowest BCUT2D eigenvalue weighted by molar-refractivity contribution is -0.152. The number of hydrogen-bond donors (Lipinski definition) is 2. The Hall–Kier alpha value is -2.11. The zero-order chi connectivity index (χ0) is 14.7. The number of benzene rings is 1. The number of carbonyl (C=O) groups excluding carboxylic acids is 1. The van der Waals surface area contributed by atoms with Gasteiger partial charge in [-0.05, 0) is 31.0 Å². The third kappa shape index (κ3) is 2.89. The van der Waals surface area contributed by atoms with Gasteiger partial charge in [-0.2, -0.15) is 0 Å². The predicted molar refractivity (Wildman–Crippen MR) is 68.6 cm³/mol. The molecular weight excluding hydrogens is 265 g/mol. The second-order valence-corrected chi connectivity index (χ2v) is 4.80. The van der Waals surface area contributed by atoms with Crippen molar-refractivity contribution >= 4 is 11.9 Å². The molecule has 1 aliphatic rings. The van der Waals surface area contributed by atoms with Crippen molar-refractivity contribution in [1.82, 2.24) is 5.32 Å². The number of hydrogen-bond acceptors (Lipinski definition) is 3. The van der Waals surface area contributed by atoms with E-state index in [9.17, 15) is 14.0 Å². The first-order valence-electron chi connectivity index (χ1n) is 6.36. The molecule has 1 fully saturated rings. The minimum absolute atomic E-state index is 0.114. The molecule has 1 aromatic carbocycles. The van der Waals surface area contributed by atoms with E-state index in [1.165, 1.54) is 25.3 Å². The van der Waals surface area contributed by atoms with E-state index < -0.39 is 23.6 Å². The molecule has 0 spiro atoms. The van der Waals surface area contributed by atoms with Crippen LogP contribution in [0.5, 0.6) is 5.75 Å². The van der Waals surface area contributed by atoms with E-state index in [0.717, 1.165) is 0 Å². The molecule has 2 rings (SSSR count). The average Bonchev–Trinajstić information content (AvgIpc) is 2.34. The molecule has 0 bridgehead atoms. The monoisotopic (exact) mass is 281 g/mol. The summed E-state index contributed by atoms with van der Waals surface area (Å²) < 4.78 is 18.2. The van der Waals surface area contributed by atoms with Crippen molar-refractivity contribution in [2.45, 2.75) is 19.4 Å². The molecule has 6 heteroatoms.